The van der Waals surface area contributed by atoms with Crippen LogP contribution in [-0.4, -0.2) is 28.5 Å². The lowest BCUT2D eigenvalue weighted by atomic mass is 9.82. The van der Waals surface area contributed by atoms with E-state index in [1.807, 2.05) is 38.1 Å². The van der Waals surface area contributed by atoms with Crippen molar-refractivity contribution in [3.05, 3.63) is 58.4 Å². The van der Waals surface area contributed by atoms with E-state index in [2.05, 4.69) is 34.7 Å². The number of hydrogen-bond acceptors (Lipinski definition) is 3. The minimum Gasteiger partial charge on any atom is -0.385 e. The standard InChI is InChI=1S/C21H26ClN3O/c1-5-6-15(12-23-3)21(2,26)10-14-11-24-13-18-17-9-16(22)7-8-19(17)25(4)20(14)18/h5-9,12,14,24,26H,3,10-11,13H2,1-2,4H3. The van der Waals surface area contributed by atoms with Gasteiger partial charge in [0.25, 0.3) is 0 Å². The van der Waals surface area contributed by atoms with Gasteiger partial charge in [0.2, 0.25) is 0 Å². The van der Waals surface area contributed by atoms with Gasteiger partial charge in [-0.2, -0.15) is 0 Å². The molecule has 2 atom stereocenters. The first-order chi connectivity index (χ1) is 12.4. The number of allylic oxidation sites excluding steroid dienone is 1. The number of aryl methyl sites for hydroxylation is 1. The van der Waals surface area contributed by atoms with Gasteiger partial charge in [0.15, 0.2) is 0 Å². The van der Waals surface area contributed by atoms with Crippen molar-refractivity contribution in [1.29, 1.82) is 0 Å². The molecule has 1 aromatic carbocycles. The van der Waals surface area contributed by atoms with E-state index in [9.17, 15) is 5.11 Å². The molecule has 1 aromatic heterocycles. The van der Waals surface area contributed by atoms with E-state index >= 15 is 0 Å². The number of aliphatic imine (C=N–C) groups is 1. The first-order valence-corrected chi connectivity index (χ1v) is 9.25. The maximum absolute atomic E-state index is 11.2. The van der Waals surface area contributed by atoms with Crippen LogP contribution in [0, 0.1) is 0 Å². The summed E-state index contributed by atoms with van der Waals surface area (Å²) < 4.78 is 2.24. The average Bonchev–Trinajstić information content (AvgIpc) is 2.87. The third-order valence-electron chi connectivity index (χ3n) is 5.24. The summed E-state index contributed by atoms with van der Waals surface area (Å²) in [6.45, 7) is 8.95. The van der Waals surface area contributed by atoms with Crippen LogP contribution in [0.5, 0.6) is 0 Å². The monoisotopic (exact) mass is 371 g/mol. The SMILES string of the molecule is C=NC=C(C=CC)C(C)(O)CC1CNCc2c1n(C)c1ccc(Cl)cc21. The van der Waals surface area contributed by atoms with Crippen molar-refractivity contribution in [3.8, 4) is 0 Å². The van der Waals surface area contributed by atoms with E-state index in [1.54, 1.807) is 6.20 Å². The van der Waals surface area contributed by atoms with E-state index in [4.69, 9.17) is 11.6 Å². The Morgan fingerprint density at radius 3 is 3.00 bits per heavy atom. The zero-order valence-electron chi connectivity index (χ0n) is 15.6. The smallest absolute Gasteiger partial charge is 0.0890 e. The molecular formula is C21H26ClN3O. The Morgan fingerprint density at radius 1 is 1.54 bits per heavy atom. The van der Waals surface area contributed by atoms with Crippen LogP contribution in [0.25, 0.3) is 10.9 Å². The van der Waals surface area contributed by atoms with Crippen molar-refractivity contribution in [1.82, 2.24) is 9.88 Å². The fourth-order valence-electron chi connectivity index (χ4n) is 4.09. The number of fused-ring (bicyclic) bond motifs is 3. The topological polar surface area (TPSA) is 49.6 Å². The van der Waals surface area contributed by atoms with E-state index in [0.29, 0.717) is 6.42 Å². The molecular weight excluding hydrogens is 346 g/mol. The minimum atomic E-state index is -0.997. The number of aliphatic hydroxyl groups is 1. The van der Waals surface area contributed by atoms with Crippen molar-refractivity contribution >= 4 is 29.2 Å². The lowest BCUT2D eigenvalue weighted by Crippen LogP contribution is -2.36. The summed E-state index contributed by atoms with van der Waals surface area (Å²) in [5, 5.41) is 16.6. The number of nitrogens with one attached hydrogen (secondary N) is 1. The Morgan fingerprint density at radius 2 is 2.31 bits per heavy atom. The summed E-state index contributed by atoms with van der Waals surface area (Å²) in [6.07, 6.45) is 6.04. The number of nitrogens with zero attached hydrogens (tertiary/aromatic N) is 2. The zero-order chi connectivity index (χ0) is 18.9. The molecule has 0 aliphatic carbocycles. The van der Waals surface area contributed by atoms with E-state index in [-0.39, 0.29) is 5.92 Å². The summed E-state index contributed by atoms with van der Waals surface area (Å²) in [4.78, 5) is 3.86. The fourth-order valence-corrected chi connectivity index (χ4v) is 4.26. The highest BCUT2D eigenvalue weighted by atomic mass is 35.5. The molecule has 0 amide bonds. The largest absolute Gasteiger partial charge is 0.385 e. The molecule has 1 aliphatic rings. The van der Waals surface area contributed by atoms with Crippen LogP contribution in [0.2, 0.25) is 5.02 Å². The molecule has 0 spiro atoms. The molecule has 0 saturated carbocycles. The quantitative estimate of drug-likeness (QED) is 0.607. The predicted molar refractivity (Wildman–Crippen MR) is 110 cm³/mol. The van der Waals surface area contributed by atoms with Crippen LogP contribution >= 0.6 is 11.6 Å². The zero-order valence-corrected chi connectivity index (χ0v) is 16.3. The maximum atomic E-state index is 11.2. The molecule has 0 fully saturated rings. The Hall–Kier alpha value is -1.88. The molecule has 2 heterocycles. The second-order valence-electron chi connectivity index (χ2n) is 7.16. The van der Waals surface area contributed by atoms with Gasteiger partial charge in [-0.25, -0.2) is 0 Å². The van der Waals surface area contributed by atoms with Crippen LogP contribution in [0.15, 0.2) is 47.1 Å². The second-order valence-corrected chi connectivity index (χ2v) is 7.59. The van der Waals surface area contributed by atoms with E-state index in [1.165, 1.54) is 22.2 Å². The molecule has 2 aromatic rings. The van der Waals surface area contributed by atoms with Gasteiger partial charge in [0.1, 0.15) is 0 Å². The van der Waals surface area contributed by atoms with Gasteiger partial charge in [-0.3, -0.25) is 4.99 Å². The Kier molecular flexibility index (Phi) is 5.37. The van der Waals surface area contributed by atoms with Crippen LogP contribution in [0.4, 0.5) is 0 Å². The highest BCUT2D eigenvalue weighted by Crippen LogP contribution is 2.39. The van der Waals surface area contributed by atoms with Crippen molar-refractivity contribution in [3.63, 3.8) is 0 Å². The Bertz CT molecular complexity index is 892. The summed E-state index contributed by atoms with van der Waals surface area (Å²) in [7, 11) is 2.09. The molecule has 3 rings (SSSR count). The lowest BCUT2D eigenvalue weighted by Gasteiger charge is -2.33. The normalized spacial score (nSPS) is 20.3. The van der Waals surface area contributed by atoms with Crippen LogP contribution in [0.3, 0.4) is 0 Å². The Balaban J connectivity index is 2.04. The third-order valence-corrected chi connectivity index (χ3v) is 5.47. The van der Waals surface area contributed by atoms with Crippen molar-refractivity contribution in [2.45, 2.75) is 38.3 Å². The van der Waals surface area contributed by atoms with Gasteiger partial charge in [0, 0.05) is 59.4 Å². The van der Waals surface area contributed by atoms with Gasteiger partial charge in [-0.15, -0.1) is 0 Å². The summed E-state index contributed by atoms with van der Waals surface area (Å²) in [6, 6.07) is 6.03. The molecule has 4 nitrogen and oxygen atoms in total. The molecule has 0 radical (unpaired) electrons. The molecule has 26 heavy (non-hydrogen) atoms. The molecule has 1 aliphatic heterocycles. The van der Waals surface area contributed by atoms with Gasteiger partial charge in [-0.05, 0) is 50.7 Å². The number of benzene rings is 1. The van der Waals surface area contributed by atoms with Crippen LogP contribution < -0.4 is 5.32 Å². The second kappa shape index (κ2) is 7.39. The van der Waals surface area contributed by atoms with Gasteiger partial charge >= 0.3 is 0 Å². The van der Waals surface area contributed by atoms with Gasteiger partial charge < -0.3 is 15.0 Å². The van der Waals surface area contributed by atoms with E-state index < -0.39 is 5.60 Å². The average molecular weight is 372 g/mol. The number of halogens is 1. The fraction of sp³-hybridized carbons (Fsp3) is 0.381. The number of rotatable bonds is 5. The summed E-state index contributed by atoms with van der Waals surface area (Å²) >= 11 is 6.22. The molecule has 2 N–H and O–H groups in total. The predicted octanol–water partition coefficient (Wildman–Crippen LogP) is 4.32. The molecule has 2 unspecified atom stereocenters. The number of hydrogen-bond donors (Lipinski definition) is 2. The van der Waals surface area contributed by atoms with E-state index in [0.717, 1.165) is 23.7 Å². The minimum absolute atomic E-state index is 0.184. The van der Waals surface area contributed by atoms with Crippen molar-refractivity contribution in [2.24, 2.45) is 12.0 Å². The Labute approximate surface area is 159 Å². The van der Waals surface area contributed by atoms with Crippen molar-refractivity contribution in [2.75, 3.05) is 6.54 Å². The highest BCUT2D eigenvalue weighted by molar-refractivity contribution is 6.31. The molecule has 138 valence electrons. The summed E-state index contributed by atoms with van der Waals surface area (Å²) in [5.41, 5.74) is 3.49. The van der Waals surface area contributed by atoms with Crippen molar-refractivity contribution < 1.29 is 5.11 Å². The molecule has 5 heteroatoms. The first-order valence-electron chi connectivity index (χ1n) is 8.88. The van der Waals surface area contributed by atoms with Crippen LogP contribution in [-0.2, 0) is 13.6 Å². The van der Waals surface area contributed by atoms with Gasteiger partial charge in [0.05, 0.1) is 5.60 Å². The third kappa shape index (κ3) is 3.37. The lowest BCUT2D eigenvalue weighted by molar-refractivity contribution is 0.0820. The highest BCUT2D eigenvalue weighted by Gasteiger charge is 2.34. The molecule has 0 saturated heterocycles. The van der Waals surface area contributed by atoms with Gasteiger partial charge in [-0.1, -0.05) is 23.8 Å². The number of aromatic nitrogens is 1. The first kappa shape index (κ1) is 18.9. The van der Waals surface area contributed by atoms with Crippen LogP contribution in [0.1, 0.15) is 37.4 Å². The summed E-state index contributed by atoms with van der Waals surface area (Å²) in [5.74, 6) is 0.184. The maximum Gasteiger partial charge on any atom is 0.0890 e. The molecule has 0 bridgehead atoms.